The van der Waals surface area contributed by atoms with E-state index < -0.39 is 9.84 Å². The minimum absolute atomic E-state index is 0.0364. The van der Waals surface area contributed by atoms with Gasteiger partial charge in [0.25, 0.3) is 0 Å². The molecule has 0 aliphatic carbocycles. The first-order valence-electron chi connectivity index (χ1n) is 7.87. The molecule has 0 fully saturated rings. The Balaban J connectivity index is 0.00000126. The van der Waals surface area contributed by atoms with Gasteiger partial charge in [0.05, 0.1) is 9.92 Å². The van der Waals surface area contributed by atoms with Crippen LogP contribution in [-0.4, -0.2) is 27.5 Å². The molecule has 3 rings (SSSR count). The van der Waals surface area contributed by atoms with Crippen molar-refractivity contribution in [3.8, 4) is 11.5 Å². The van der Waals surface area contributed by atoms with Crippen LogP contribution >= 0.6 is 23.2 Å². The number of nitrogens with zero attached hydrogens (tertiary/aromatic N) is 1. The van der Waals surface area contributed by atoms with Gasteiger partial charge in [0.2, 0.25) is 26.6 Å². The van der Waals surface area contributed by atoms with Crippen molar-refractivity contribution < 1.29 is 12.8 Å². The number of anilines is 1. The lowest BCUT2D eigenvalue weighted by atomic mass is 10.1. The van der Waals surface area contributed by atoms with E-state index in [-0.39, 0.29) is 31.7 Å². The van der Waals surface area contributed by atoms with Crippen molar-refractivity contribution in [3.63, 3.8) is 0 Å². The lowest BCUT2D eigenvalue weighted by Crippen LogP contribution is -2.06. The van der Waals surface area contributed by atoms with E-state index in [9.17, 15) is 8.42 Å². The third kappa shape index (κ3) is 4.27. The van der Waals surface area contributed by atoms with Crippen molar-refractivity contribution >= 4 is 38.9 Å². The Labute approximate surface area is 168 Å². The van der Waals surface area contributed by atoms with Crippen LogP contribution in [0.1, 0.15) is 5.56 Å². The molecule has 0 radical (unpaired) electrons. The Morgan fingerprint density at radius 3 is 2.41 bits per heavy atom. The summed E-state index contributed by atoms with van der Waals surface area (Å²) in [6.07, 6.45) is 0. The van der Waals surface area contributed by atoms with Crippen LogP contribution in [0.25, 0.3) is 11.5 Å². The minimum atomic E-state index is -4.02. The summed E-state index contributed by atoms with van der Waals surface area (Å²) in [5.41, 5.74) is 6.12. The van der Waals surface area contributed by atoms with E-state index in [2.05, 4.69) is 16.0 Å². The van der Waals surface area contributed by atoms with E-state index in [1.54, 1.807) is 7.05 Å². The van der Waals surface area contributed by atoms with E-state index in [4.69, 9.17) is 27.6 Å². The maximum atomic E-state index is 13.0. The standard InChI is InChI=1S/C17H14Cl2N2O3S.CH5N/c1-10-5-3-4-6-12(10)15-21-17(16(20-2)24-15)25(22,23)14-9-11(18)7-8-13(14)19;1-2/h3-9,20H,1-2H3;2H2,1H3. The maximum absolute atomic E-state index is 13.0. The van der Waals surface area contributed by atoms with Crippen LogP contribution in [-0.2, 0) is 9.84 Å². The summed E-state index contributed by atoms with van der Waals surface area (Å²) in [5, 5.41) is 2.81. The number of aryl methyl sites for hydroxylation is 1. The summed E-state index contributed by atoms with van der Waals surface area (Å²) in [6.45, 7) is 1.89. The summed E-state index contributed by atoms with van der Waals surface area (Å²) in [6, 6.07) is 11.6. The molecule has 27 heavy (non-hydrogen) atoms. The number of nitrogens with one attached hydrogen (secondary N) is 1. The van der Waals surface area contributed by atoms with Gasteiger partial charge in [0.15, 0.2) is 0 Å². The molecular formula is C18H19Cl2N3O3S. The predicted molar refractivity (Wildman–Crippen MR) is 108 cm³/mol. The summed E-state index contributed by atoms with van der Waals surface area (Å²) in [4.78, 5) is 4.09. The molecule has 1 aromatic heterocycles. The molecule has 1 heterocycles. The largest absolute Gasteiger partial charge is 0.419 e. The molecule has 3 aromatic rings. The Bertz CT molecular complexity index is 1050. The molecule has 0 aliphatic heterocycles. The van der Waals surface area contributed by atoms with Gasteiger partial charge < -0.3 is 15.5 Å². The molecule has 2 aromatic carbocycles. The number of benzene rings is 2. The van der Waals surface area contributed by atoms with E-state index in [1.165, 1.54) is 25.2 Å². The molecule has 0 atom stereocenters. The second kappa shape index (κ2) is 8.75. The molecule has 0 bridgehead atoms. The number of hydrogen-bond acceptors (Lipinski definition) is 6. The molecular weight excluding hydrogens is 409 g/mol. The van der Waals surface area contributed by atoms with Gasteiger partial charge in [0, 0.05) is 17.6 Å². The van der Waals surface area contributed by atoms with Crippen LogP contribution in [0.4, 0.5) is 5.88 Å². The van der Waals surface area contributed by atoms with Crippen molar-refractivity contribution in [1.82, 2.24) is 4.98 Å². The Morgan fingerprint density at radius 2 is 1.78 bits per heavy atom. The highest BCUT2D eigenvalue weighted by Gasteiger charge is 2.30. The zero-order valence-corrected chi connectivity index (χ0v) is 17.3. The van der Waals surface area contributed by atoms with Gasteiger partial charge in [-0.05, 0) is 43.8 Å². The van der Waals surface area contributed by atoms with Crippen LogP contribution in [0.2, 0.25) is 10.0 Å². The third-order valence-electron chi connectivity index (χ3n) is 3.64. The molecule has 6 nitrogen and oxygen atoms in total. The smallest absolute Gasteiger partial charge is 0.233 e. The monoisotopic (exact) mass is 427 g/mol. The fraction of sp³-hybridized carbons (Fsp3) is 0.167. The first kappa shape index (κ1) is 21.2. The molecule has 144 valence electrons. The number of aromatic nitrogens is 1. The number of hydrogen-bond donors (Lipinski definition) is 2. The molecule has 0 saturated heterocycles. The first-order valence-corrected chi connectivity index (χ1v) is 10.1. The van der Waals surface area contributed by atoms with Gasteiger partial charge in [-0.25, -0.2) is 8.42 Å². The van der Waals surface area contributed by atoms with Gasteiger partial charge in [0.1, 0.15) is 0 Å². The number of sulfone groups is 1. The number of oxazole rings is 1. The predicted octanol–water partition coefficient (Wildman–Crippen LogP) is 4.41. The Kier molecular flexibility index (Phi) is 6.89. The average molecular weight is 428 g/mol. The van der Waals surface area contributed by atoms with E-state index in [0.717, 1.165) is 5.56 Å². The highest BCUT2D eigenvalue weighted by molar-refractivity contribution is 7.91. The van der Waals surface area contributed by atoms with Gasteiger partial charge in [-0.2, -0.15) is 4.98 Å². The fourth-order valence-corrected chi connectivity index (χ4v) is 4.43. The van der Waals surface area contributed by atoms with Gasteiger partial charge in [-0.1, -0.05) is 41.4 Å². The summed E-state index contributed by atoms with van der Waals surface area (Å²) in [5.74, 6) is 0.244. The second-order valence-corrected chi connectivity index (χ2v) is 7.97. The minimum Gasteiger partial charge on any atom is -0.419 e. The highest BCUT2D eigenvalue weighted by Crippen LogP contribution is 2.36. The van der Waals surface area contributed by atoms with Crippen molar-refractivity contribution in [2.75, 3.05) is 19.4 Å². The quantitative estimate of drug-likeness (QED) is 0.639. The number of nitrogens with two attached hydrogens (primary N) is 1. The summed E-state index contributed by atoms with van der Waals surface area (Å²) in [7, 11) is -0.962. The molecule has 0 amide bonds. The first-order chi connectivity index (χ1) is 12.8. The van der Waals surface area contributed by atoms with E-state index in [1.807, 2.05) is 31.2 Å². The van der Waals surface area contributed by atoms with Crippen molar-refractivity contribution in [2.24, 2.45) is 5.73 Å². The van der Waals surface area contributed by atoms with Crippen molar-refractivity contribution in [3.05, 3.63) is 58.1 Å². The SMILES string of the molecule is CN.CNc1oc(-c2ccccc2C)nc1S(=O)(=O)c1cc(Cl)ccc1Cl. The van der Waals surface area contributed by atoms with E-state index >= 15 is 0 Å². The average Bonchev–Trinajstić information content (AvgIpc) is 3.11. The van der Waals surface area contributed by atoms with Gasteiger partial charge in [-0.3, -0.25) is 0 Å². The van der Waals surface area contributed by atoms with Crippen LogP contribution in [0, 0.1) is 6.92 Å². The fourth-order valence-electron chi connectivity index (χ4n) is 2.36. The van der Waals surface area contributed by atoms with Crippen LogP contribution in [0.15, 0.2) is 56.8 Å². The molecule has 3 N–H and O–H groups in total. The number of halogens is 2. The van der Waals surface area contributed by atoms with Crippen molar-refractivity contribution in [1.29, 1.82) is 0 Å². The third-order valence-corrected chi connectivity index (χ3v) is 6.02. The van der Waals surface area contributed by atoms with Crippen LogP contribution in [0.5, 0.6) is 0 Å². The summed E-state index contributed by atoms with van der Waals surface area (Å²) < 4.78 is 31.7. The molecule has 0 spiro atoms. The molecule has 0 aliphatic rings. The molecule has 9 heteroatoms. The van der Waals surface area contributed by atoms with E-state index in [0.29, 0.717) is 5.56 Å². The Morgan fingerprint density at radius 1 is 1.11 bits per heavy atom. The van der Waals surface area contributed by atoms with Gasteiger partial charge >= 0.3 is 0 Å². The lowest BCUT2D eigenvalue weighted by molar-refractivity contribution is 0.580. The van der Waals surface area contributed by atoms with Crippen LogP contribution in [0.3, 0.4) is 0 Å². The maximum Gasteiger partial charge on any atom is 0.233 e. The second-order valence-electron chi connectivity index (χ2n) is 5.30. The highest BCUT2D eigenvalue weighted by atomic mass is 35.5. The normalized spacial score (nSPS) is 10.9. The lowest BCUT2D eigenvalue weighted by Gasteiger charge is -2.05. The number of rotatable bonds is 4. The molecule has 0 saturated carbocycles. The Hall–Kier alpha value is -2.06. The van der Waals surface area contributed by atoms with Crippen molar-refractivity contribution in [2.45, 2.75) is 16.8 Å². The topological polar surface area (TPSA) is 98.2 Å². The van der Waals surface area contributed by atoms with Crippen LogP contribution < -0.4 is 11.1 Å². The zero-order valence-electron chi connectivity index (χ0n) is 15.0. The molecule has 0 unspecified atom stereocenters. The van der Waals surface area contributed by atoms with Gasteiger partial charge in [-0.15, -0.1) is 0 Å². The zero-order chi connectivity index (χ0) is 20.2. The summed E-state index contributed by atoms with van der Waals surface area (Å²) >= 11 is 12.0.